The van der Waals surface area contributed by atoms with Crippen LogP contribution in [0.15, 0.2) is 116 Å². The van der Waals surface area contributed by atoms with Crippen molar-refractivity contribution in [3.8, 4) is 11.1 Å². The number of hydrogen-bond donors (Lipinski definition) is 0. The molecule has 34 heavy (non-hydrogen) atoms. The van der Waals surface area contributed by atoms with Crippen molar-refractivity contribution in [1.29, 1.82) is 0 Å². The van der Waals surface area contributed by atoms with Gasteiger partial charge >= 0.3 is 0 Å². The molecule has 7 rings (SSSR count). The SMILES string of the molecule is C1=CC(c2ccc3ccc4c(-c5ccncc5)ccc5ccc2c3c54)=CC(c2cccnc2)C1. The Morgan fingerprint density at radius 1 is 0.647 bits per heavy atom. The van der Waals surface area contributed by atoms with Crippen molar-refractivity contribution < 1.29 is 0 Å². The molecule has 1 unspecified atom stereocenters. The molecule has 2 nitrogen and oxygen atoms in total. The van der Waals surface area contributed by atoms with Gasteiger partial charge in [-0.05, 0) is 84.8 Å². The van der Waals surface area contributed by atoms with Gasteiger partial charge in [0.05, 0.1) is 0 Å². The Bertz CT molecular complexity index is 1710. The van der Waals surface area contributed by atoms with Crippen molar-refractivity contribution >= 4 is 37.9 Å². The molecular weight excluding hydrogens is 412 g/mol. The summed E-state index contributed by atoms with van der Waals surface area (Å²) in [5, 5.41) is 7.86. The van der Waals surface area contributed by atoms with Gasteiger partial charge in [-0.3, -0.25) is 9.97 Å². The van der Waals surface area contributed by atoms with Crippen molar-refractivity contribution in [1.82, 2.24) is 9.97 Å². The summed E-state index contributed by atoms with van der Waals surface area (Å²) in [6.45, 7) is 0. The fraction of sp³-hybridized carbons (Fsp3) is 0.0625. The highest BCUT2D eigenvalue weighted by molar-refractivity contribution is 6.27. The fourth-order valence-corrected chi connectivity index (χ4v) is 5.53. The Morgan fingerprint density at radius 2 is 1.35 bits per heavy atom. The third-order valence-electron chi connectivity index (χ3n) is 7.15. The van der Waals surface area contributed by atoms with E-state index in [-0.39, 0.29) is 0 Å². The van der Waals surface area contributed by atoms with Crippen LogP contribution in [0.3, 0.4) is 0 Å². The van der Waals surface area contributed by atoms with Gasteiger partial charge in [0.1, 0.15) is 0 Å². The zero-order valence-electron chi connectivity index (χ0n) is 18.6. The van der Waals surface area contributed by atoms with E-state index in [1.807, 2.05) is 30.9 Å². The van der Waals surface area contributed by atoms with Crippen LogP contribution in [0, 0.1) is 0 Å². The van der Waals surface area contributed by atoms with Crippen molar-refractivity contribution in [3.05, 3.63) is 127 Å². The van der Waals surface area contributed by atoms with Crippen LogP contribution in [0.25, 0.3) is 49.0 Å². The van der Waals surface area contributed by atoms with Crippen LogP contribution in [-0.4, -0.2) is 9.97 Å². The normalized spacial score (nSPS) is 15.9. The van der Waals surface area contributed by atoms with Gasteiger partial charge in [0.25, 0.3) is 0 Å². The molecule has 2 heterocycles. The van der Waals surface area contributed by atoms with Crippen LogP contribution in [0.4, 0.5) is 0 Å². The average molecular weight is 435 g/mol. The highest BCUT2D eigenvalue weighted by atomic mass is 14.6. The minimum atomic E-state index is 0.352. The van der Waals surface area contributed by atoms with Crippen molar-refractivity contribution in [2.45, 2.75) is 12.3 Å². The van der Waals surface area contributed by atoms with E-state index >= 15 is 0 Å². The summed E-state index contributed by atoms with van der Waals surface area (Å²) >= 11 is 0. The van der Waals surface area contributed by atoms with Crippen LogP contribution in [0.2, 0.25) is 0 Å². The molecule has 1 aliphatic rings. The maximum Gasteiger partial charge on any atom is 0.0305 e. The lowest BCUT2D eigenvalue weighted by Gasteiger charge is -2.20. The first-order valence-corrected chi connectivity index (χ1v) is 11.8. The molecule has 0 N–H and O–H groups in total. The molecular formula is C32H22N2. The van der Waals surface area contributed by atoms with Gasteiger partial charge in [0.15, 0.2) is 0 Å². The molecule has 6 aromatic rings. The Balaban J connectivity index is 1.47. The first-order chi connectivity index (χ1) is 16.9. The summed E-state index contributed by atoms with van der Waals surface area (Å²) in [5.74, 6) is 0.352. The summed E-state index contributed by atoms with van der Waals surface area (Å²) in [4.78, 5) is 8.55. The number of nitrogens with zero attached hydrogens (tertiary/aromatic N) is 2. The molecule has 0 fully saturated rings. The Labute approximate surface area is 198 Å². The minimum Gasteiger partial charge on any atom is -0.265 e. The van der Waals surface area contributed by atoms with Gasteiger partial charge < -0.3 is 0 Å². The van der Waals surface area contributed by atoms with E-state index in [1.165, 1.54) is 60.1 Å². The second-order valence-corrected chi connectivity index (χ2v) is 9.04. The number of allylic oxidation sites excluding steroid dienone is 4. The van der Waals surface area contributed by atoms with E-state index in [9.17, 15) is 0 Å². The Hall–Kier alpha value is -4.30. The Kier molecular flexibility index (Phi) is 4.31. The van der Waals surface area contributed by atoms with E-state index < -0.39 is 0 Å². The maximum atomic E-state index is 4.34. The maximum absolute atomic E-state index is 4.34. The third kappa shape index (κ3) is 2.96. The molecule has 1 aliphatic carbocycles. The smallest absolute Gasteiger partial charge is 0.0305 e. The second-order valence-electron chi connectivity index (χ2n) is 9.04. The van der Waals surface area contributed by atoms with Crippen molar-refractivity contribution in [2.24, 2.45) is 0 Å². The lowest BCUT2D eigenvalue weighted by atomic mass is 9.84. The topological polar surface area (TPSA) is 25.8 Å². The van der Waals surface area contributed by atoms with Gasteiger partial charge in [-0.15, -0.1) is 0 Å². The second kappa shape index (κ2) is 7.64. The third-order valence-corrected chi connectivity index (χ3v) is 7.15. The standard InChI is InChI=1S/C32H22N2/c1-3-24(26-5-2-16-34-20-26)19-25(4-1)28-11-7-23-8-12-29-27(21-14-17-33-18-15-21)10-6-22-9-13-30(28)32(23)31(22)29/h1-2,4-20,24H,3H2. The molecule has 4 aromatic carbocycles. The van der Waals surface area contributed by atoms with E-state index in [0.29, 0.717) is 5.92 Å². The molecule has 2 aromatic heterocycles. The van der Waals surface area contributed by atoms with Crippen LogP contribution in [0.5, 0.6) is 0 Å². The summed E-state index contributed by atoms with van der Waals surface area (Å²) in [5.41, 5.74) is 6.30. The molecule has 2 heteroatoms. The number of benzene rings is 4. The quantitative estimate of drug-likeness (QED) is 0.263. The zero-order chi connectivity index (χ0) is 22.5. The van der Waals surface area contributed by atoms with Crippen LogP contribution in [0.1, 0.15) is 23.5 Å². The van der Waals surface area contributed by atoms with Gasteiger partial charge in [-0.2, -0.15) is 0 Å². The molecule has 0 spiro atoms. The molecule has 1 atom stereocenters. The number of pyridine rings is 2. The molecule has 0 amide bonds. The van der Waals surface area contributed by atoms with Gasteiger partial charge in [-0.25, -0.2) is 0 Å². The molecule has 0 bridgehead atoms. The molecule has 0 saturated carbocycles. The predicted molar refractivity (Wildman–Crippen MR) is 142 cm³/mol. The highest BCUT2D eigenvalue weighted by Crippen LogP contribution is 2.42. The van der Waals surface area contributed by atoms with Crippen molar-refractivity contribution in [2.75, 3.05) is 0 Å². The average Bonchev–Trinajstić information content (AvgIpc) is 2.92. The van der Waals surface area contributed by atoms with Crippen molar-refractivity contribution in [3.63, 3.8) is 0 Å². The van der Waals surface area contributed by atoms with Crippen LogP contribution >= 0.6 is 0 Å². The fourth-order valence-electron chi connectivity index (χ4n) is 5.53. The zero-order valence-corrected chi connectivity index (χ0v) is 18.6. The summed E-state index contributed by atoms with van der Waals surface area (Å²) in [6.07, 6.45) is 15.6. The summed E-state index contributed by atoms with van der Waals surface area (Å²) in [6, 6.07) is 26.6. The first kappa shape index (κ1) is 19.2. The van der Waals surface area contributed by atoms with Gasteiger partial charge in [-0.1, -0.05) is 72.8 Å². The van der Waals surface area contributed by atoms with Crippen LogP contribution < -0.4 is 0 Å². The highest BCUT2D eigenvalue weighted by Gasteiger charge is 2.17. The molecule has 0 saturated heterocycles. The molecule has 0 radical (unpaired) electrons. The van der Waals surface area contributed by atoms with Crippen LogP contribution in [-0.2, 0) is 0 Å². The number of hydrogen-bond acceptors (Lipinski definition) is 2. The Morgan fingerprint density at radius 3 is 2.09 bits per heavy atom. The number of aromatic nitrogens is 2. The largest absolute Gasteiger partial charge is 0.265 e. The lowest BCUT2D eigenvalue weighted by Crippen LogP contribution is -2.00. The summed E-state index contributed by atoms with van der Waals surface area (Å²) in [7, 11) is 0. The van der Waals surface area contributed by atoms with E-state index in [1.54, 1.807) is 0 Å². The van der Waals surface area contributed by atoms with E-state index in [4.69, 9.17) is 0 Å². The van der Waals surface area contributed by atoms with E-state index in [0.717, 1.165) is 6.42 Å². The predicted octanol–water partition coefficient (Wildman–Crippen LogP) is 8.17. The molecule has 0 aliphatic heterocycles. The summed E-state index contributed by atoms with van der Waals surface area (Å²) < 4.78 is 0. The van der Waals surface area contributed by atoms with E-state index in [2.05, 4.69) is 94.9 Å². The lowest BCUT2D eigenvalue weighted by molar-refractivity contribution is 0.850. The number of rotatable bonds is 3. The monoisotopic (exact) mass is 434 g/mol. The first-order valence-electron chi connectivity index (χ1n) is 11.8. The minimum absolute atomic E-state index is 0.352. The molecule has 160 valence electrons. The van der Waals surface area contributed by atoms with Gasteiger partial charge in [0, 0.05) is 30.7 Å². The van der Waals surface area contributed by atoms with Gasteiger partial charge in [0.2, 0.25) is 0 Å².